The molecule has 0 saturated carbocycles. The third-order valence-electron chi connectivity index (χ3n) is 3.99. The number of aromatic nitrogens is 1. The third kappa shape index (κ3) is 3.44. The molecule has 23 heavy (non-hydrogen) atoms. The van der Waals surface area contributed by atoms with Crippen molar-refractivity contribution in [3.05, 3.63) is 22.5 Å². The van der Waals surface area contributed by atoms with Gasteiger partial charge in [0.1, 0.15) is 5.69 Å². The van der Waals surface area contributed by atoms with E-state index in [0.717, 1.165) is 12.0 Å². The molecule has 1 saturated heterocycles. The van der Waals surface area contributed by atoms with Crippen molar-refractivity contribution in [2.45, 2.75) is 39.7 Å². The molecule has 1 aliphatic heterocycles. The van der Waals surface area contributed by atoms with Gasteiger partial charge in [0.15, 0.2) is 11.9 Å². The number of nitrogens with one attached hydrogen (secondary N) is 1. The number of aliphatic carboxylic acids is 1. The number of ether oxygens (including phenoxy) is 1. The Morgan fingerprint density at radius 3 is 2.65 bits per heavy atom. The molecule has 0 radical (unpaired) electrons. The zero-order valence-corrected chi connectivity index (χ0v) is 13.6. The normalized spacial score (nSPS) is 18.0. The van der Waals surface area contributed by atoms with E-state index in [0.29, 0.717) is 29.9 Å². The maximum atomic E-state index is 12.8. The van der Waals surface area contributed by atoms with Gasteiger partial charge in [-0.05, 0) is 25.8 Å². The fourth-order valence-electron chi connectivity index (χ4n) is 2.98. The van der Waals surface area contributed by atoms with Crippen molar-refractivity contribution >= 4 is 17.7 Å². The molecule has 2 rings (SSSR count). The Morgan fingerprint density at radius 2 is 2.09 bits per heavy atom. The number of Topliss-reactive ketones (excluding diaryl/α,β-unsaturated/α-hetero) is 1. The summed E-state index contributed by atoms with van der Waals surface area (Å²) in [6, 6.07) is 0. The number of H-pyrrole nitrogens is 1. The molecular formula is C16H22N2O5. The lowest BCUT2D eigenvalue weighted by Crippen LogP contribution is -2.48. The van der Waals surface area contributed by atoms with Crippen LogP contribution in [0.15, 0.2) is 0 Å². The van der Waals surface area contributed by atoms with Gasteiger partial charge >= 0.3 is 5.97 Å². The van der Waals surface area contributed by atoms with Crippen LogP contribution in [0.5, 0.6) is 0 Å². The summed E-state index contributed by atoms with van der Waals surface area (Å²) < 4.78 is 5.14. The number of aromatic amines is 1. The first-order chi connectivity index (χ1) is 10.9. The van der Waals surface area contributed by atoms with Crippen LogP contribution >= 0.6 is 0 Å². The Labute approximate surface area is 134 Å². The van der Waals surface area contributed by atoms with E-state index in [1.54, 1.807) is 6.92 Å². The third-order valence-corrected chi connectivity index (χ3v) is 3.99. The van der Waals surface area contributed by atoms with Gasteiger partial charge in [0, 0.05) is 17.8 Å². The first-order valence-electron chi connectivity index (χ1n) is 7.72. The van der Waals surface area contributed by atoms with Crippen LogP contribution < -0.4 is 0 Å². The second kappa shape index (κ2) is 6.95. The molecule has 1 atom stereocenters. The summed E-state index contributed by atoms with van der Waals surface area (Å²) >= 11 is 0. The number of aryl methyl sites for hydroxylation is 1. The van der Waals surface area contributed by atoms with Gasteiger partial charge in [0.25, 0.3) is 5.91 Å². The second-order valence-electron chi connectivity index (χ2n) is 5.73. The predicted molar refractivity (Wildman–Crippen MR) is 82.8 cm³/mol. The van der Waals surface area contributed by atoms with Gasteiger partial charge < -0.3 is 19.7 Å². The van der Waals surface area contributed by atoms with Gasteiger partial charge in [-0.3, -0.25) is 9.59 Å². The summed E-state index contributed by atoms with van der Waals surface area (Å²) in [5.41, 5.74) is 2.35. The summed E-state index contributed by atoms with van der Waals surface area (Å²) in [5.74, 6) is -1.44. The summed E-state index contributed by atoms with van der Waals surface area (Å²) in [5, 5.41) is 9.05. The maximum absolute atomic E-state index is 12.8. The van der Waals surface area contributed by atoms with Crippen LogP contribution in [-0.2, 0) is 16.0 Å². The minimum absolute atomic E-state index is 0.00715. The quantitative estimate of drug-likeness (QED) is 0.798. The largest absolute Gasteiger partial charge is 0.479 e. The Hall–Kier alpha value is -2.15. The molecule has 7 heteroatoms. The van der Waals surface area contributed by atoms with Gasteiger partial charge in [-0.25, -0.2) is 4.79 Å². The van der Waals surface area contributed by atoms with Crippen molar-refractivity contribution in [1.29, 1.82) is 0 Å². The number of hydrogen-bond acceptors (Lipinski definition) is 4. The number of carboxylic acid groups (broad SMARTS) is 1. The zero-order chi connectivity index (χ0) is 17.1. The molecular weight excluding hydrogens is 300 g/mol. The molecule has 1 unspecified atom stereocenters. The molecule has 1 aliphatic rings. The highest BCUT2D eigenvalue weighted by atomic mass is 16.5. The zero-order valence-electron chi connectivity index (χ0n) is 13.6. The summed E-state index contributed by atoms with van der Waals surface area (Å²) in [4.78, 5) is 40.2. The fraction of sp³-hybridized carbons (Fsp3) is 0.562. The van der Waals surface area contributed by atoms with Crippen LogP contribution in [0.4, 0.5) is 0 Å². The number of morpholine rings is 1. The lowest BCUT2D eigenvalue weighted by molar-refractivity contribution is -0.154. The molecule has 1 aromatic heterocycles. The number of hydrogen-bond donors (Lipinski definition) is 2. The van der Waals surface area contributed by atoms with E-state index >= 15 is 0 Å². The highest BCUT2D eigenvalue weighted by Gasteiger charge is 2.32. The van der Waals surface area contributed by atoms with Crippen LogP contribution in [0.3, 0.4) is 0 Å². The van der Waals surface area contributed by atoms with Crippen molar-refractivity contribution in [3.8, 4) is 0 Å². The van der Waals surface area contributed by atoms with Gasteiger partial charge in [0.2, 0.25) is 0 Å². The minimum Gasteiger partial charge on any atom is -0.479 e. The van der Waals surface area contributed by atoms with Crippen LogP contribution in [0.1, 0.15) is 52.4 Å². The van der Waals surface area contributed by atoms with E-state index < -0.39 is 12.1 Å². The molecule has 0 aliphatic carbocycles. The molecule has 0 aromatic carbocycles. The molecule has 126 valence electrons. The van der Waals surface area contributed by atoms with Crippen molar-refractivity contribution < 1.29 is 24.2 Å². The Morgan fingerprint density at radius 1 is 1.39 bits per heavy atom. The Balaban J connectivity index is 2.33. The smallest absolute Gasteiger partial charge is 0.334 e. The topological polar surface area (TPSA) is 99.7 Å². The number of carbonyl (C=O) groups excluding carboxylic acids is 2. The summed E-state index contributed by atoms with van der Waals surface area (Å²) in [6.07, 6.45) is 0.414. The first-order valence-corrected chi connectivity index (χ1v) is 7.72. The van der Waals surface area contributed by atoms with E-state index in [1.165, 1.54) is 11.8 Å². The van der Waals surface area contributed by atoms with E-state index in [4.69, 9.17) is 9.84 Å². The standard InChI is InChI=1S/C16H22N2O5/c1-4-5-11-13(10(3)19)9(2)17-14(11)15(20)18-6-7-23-12(8-18)16(21)22/h12,17H,4-8H2,1-3H3,(H,21,22). The monoisotopic (exact) mass is 322 g/mol. The molecule has 0 spiro atoms. The summed E-state index contributed by atoms with van der Waals surface area (Å²) in [6.45, 7) is 5.76. The summed E-state index contributed by atoms with van der Waals surface area (Å²) in [7, 11) is 0. The van der Waals surface area contributed by atoms with Gasteiger partial charge in [-0.1, -0.05) is 13.3 Å². The number of rotatable bonds is 5. The fourth-order valence-corrected chi connectivity index (χ4v) is 2.98. The molecule has 2 heterocycles. The number of nitrogens with zero attached hydrogens (tertiary/aromatic N) is 1. The maximum Gasteiger partial charge on any atom is 0.334 e. The number of carbonyl (C=O) groups is 3. The van der Waals surface area contributed by atoms with Gasteiger partial charge in [-0.2, -0.15) is 0 Å². The first kappa shape index (κ1) is 17.2. The van der Waals surface area contributed by atoms with E-state index in [9.17, 15) is 14.4 Å². The number of carboxylic acids is 1. The average molecular weight is 322 g/mol. The Kier molecular flexibility index (Phi) is 5.20. The van der Waals surface area contributed by atoms with Crippen LogP contribution in [-0.4, -0.2) is 58.5 Å². The highest BCUT2D eigenvalue weighted by molar-refractivity contribution is 6.02. The van der Waals surface area contributed by atoms with Crippen molar-refractivity contribution in [3.63, 3.8) is 0 Å². The molecule has 2 N–H and O–H groups in total. The van der Waals surface area contributed by atoms with Crippen LogP contribution in [0.2, 0.25) is 0 Å². The van der Waals surface area contributed by atoms with E-state index in [1.807, 2.05) is 6.92 Å². The van der Waals surface area contributed by atoms with E-state index in [2.05, 4.69) is 4.98 Å². The van der Waals surface area contributed by atoms with Crippen molar-refractivity contribution in [1.82, 2.24) is 9.88 Å². The van der Waals surface area contributed by atoms with E-state index in [-0.39, 0.29) is 24.8 Å². The number of ketones is 1. The molecule has 0 bridgehead atoms. The van der Waals surface area contributed by atoms with Gasteiger partial charge in [0.05, 0.1) is 13.2 Å². The van der Waals surface area contributed by atoms with Crippen LogP contribution in [0.25, 0.3) is 0 Å². The minimum atomic E-state index is -1.08. The predicted octanol–water partition coefficient (Wildman–Crippen LogP) is 1.40. The highest BCUT2D eigenvalue weighted by Crippen LogP contribution is 2.23. The lowest BCUT2D eigenvalue weighted by atomic mass is 10.0. The average Bonchev–Trinajstić information content (AvgIpc) is 2.83. The molecule has 1 amide bonds. The van der Waals surface area contributed by atoms with Crippen molar-refractivity contribution in [2.24, 2.45) is 0 Å². The molecule has 7 nitrogen and oxygen atoms in total. The number of amides is 1. The lowest BCUT2D eigenvalue weighted by Gasteiger charge is -2.30. The molecule has 1 fully saturated rings. The second-order valence-corrected chi connectivity index (χ2v) is 5.73. The Bertz CT molecular complexity index is 635. The SMILES string of the molecule is CCCc1c(C(=O)N2CCOC(C(=O)O)C2)[nH]c(C)c1C(C)=O. The van der Waals surface area contributed by atoms with Crippen LogP contribution in [0, 0.1) is 6.92 Å². The van der Waals surface area contributed by atoms with Crippen molar-refractivity contribution in [2.75, 3.05) is 19.7 Å². The van der Waals surface area contributed by atoms with Gasteiger partial charge in [-0.15, -0.1) is 0 Å². The molecule has 1 aromatic rings.